The average molecular weight is 316 g/mol. The zero-order valence-electron chi connectivity index (χ0n) is 13.7. The fraction of sp³-hybridized carbons (Fsp3) is 0.647. The van der Waals surface area contributed by atoms with E-state index in [4.69, 9.17) is 0 Å². The van der Waals surface area contributed by atoms with Crippen molar-refractivity contribution in [3.63, 3.8) is 0 Å². The standard InChI is InChI=1S/C17H24N4O2/c1-13(22)21-8-4-5-14(12-21)9-15-10-19-16(11-18-15)17(23)20-6-2-3-7-20/h10-11,14H,2-9,12H2,1H3. The predicted octanol–water partition coefficient (Wildman–Crippen LogP) is 1.51. The molecule has 0 spiro atoms. The molecule has 0 aliphatic carbocycles. The number of rotatable bonds is 3. The van der Waals surface area contributed by atoms with Crippen LogP contribution in [0.3, 0.4) is 0 Å². The van der Waals surface area contributed by atoms with Crippen molar-refractivity contribution in [3.8, 4) is 0 Å². The predicted molar refractivity (Wildman–Crippen MR) is 85.9 cm³/mol. The summed E-state index contributed by atoms with van der Waals surface area (Å²) in [6.45, 7) is 4.93. The van der Waals surface area contributed by atoms with E-state index in [0.717, 1.165) is 64.0 Å². The van der Waals surface area contributed by atoms with Crippen LogP contribution in [0.5, 0.6) is 0 Å². The lowest BCUT2D eigenvalue weighted by Gasteiger charge is -2.31. The number of hydrogen-bond acceptors (Lipinski definition) is 4. The molecule has 2 fully saturated rings. The van der Waals surface area contributed by atoms with Crippen LogP contribution in [0.4, 0.5) is 0 Å². The first-order valence-corrected chi connectivity index (χ1v) is 8.49. The number of carbonyl (C=O) groups is 2. The van der Waals surface area contributed by atoms with E-state index in [2.05, 4.69) is 9.97 Å². The van der Waals surface area contributed by atoms with Crippen molar-refractivity contribution in [2.45, 2.75) is 39.0 Å². The Kier molecular flexibility index (Phi) is 4.88. The summed E-state index contributed by atoms with van der Waals surface area (Å²) in [6.07, 6.45) is 8.44. The van der Waals surface area contributed by atoms with Gasteiger partial charge in [-0.15, -0.1) is 0 Å². The summed E-state index contributed by atoms with van der Waals surface area (Å²) in [5, 5.41) is 0. The second kappa shape index (κ2) is 7.06. The Bertz CT molecular complexity index is 566. The van der Waals surface area contributed by atoms with Crippen LogP contribution >= 0.6 is 0 Å². The van der Waals surface area contributed by atoms with Gasteiger partial charge < -0.3 is 9.80 Å². The molecule has 2 saturated heterocycles. The highest BCUT2D eigenvalue weighted by molar-refractivity contribution is 5.92. The zero-order valence-corrected chi connectivity index (χ0v) is 13.7. The average Bonchev–Trinajstić information content (AvgIpc) is 3.09. The van der Waals surface area contributed by atoms with Crippen LogP contribution in [0.15, 0.2) is 12.4 Å². The van der Waals surface area contributed by atoms with E-state index in [1.165, 1.54) is 0 Å². The molecule has 0 saturated carbocycles. The third-order valence-corrected chi connectivity index (χ3v) is 4.78. The maximum Gasteiger partial charge on any atom is 0.274 e. The van der Waals surface area contributed by atoms with Crippen LogP contribution in [0.25, 0.3) is 0 Å². The molecule has 1 aromatic rings. The number of amides is 2. The van der Waals surface area contributed by atoms with Gasteiger partial charge in [0.15, 0.2) is 0 Å². The Morgan fingerprint density at radius 3 is 2.48 bits per heavy atom. The van der Waals surface area contributed by atoms with Crippen molar-refractivity contribution in [1.29, 1.82) is 0 Å². The van der Waals surface area contributed by atoms with Crippen LogP contribution in [-0.2, 0) is 11.2 Å². The Balaban J connectivity index is 1.59. The van der Waals surface area contributed by atoms with Gasteiger partial charge >= 0.3 is 0 Å². The minimum atomic E-state index is -0.0121. The first-order valence-electron chi connectivity index (χ1n) is 8.49. The molecule has 2 aliphatic rings. The lowest BCUT2D eigenvalue weighted by Crippen LogP contribution is -2.39. The van der Waals surface area contributed by atoms with E-state index in [1.807, 2.05) is 9.80 Å². The lowest BCUT2D eigenvalue weighted by molar-refractivity contribution is -0.130. The first-order chi connectivity index (χ1) is 11.1. The molecule has 1 aromatic heterocycles. The summed E-state index contributed by atoms with van der Waals surface area (Å²) < 4.78 is 0. The highest BCUT2D eigenvalue weighted by atomic mass is 16.2. The summed E-state index contributed by atoms with van der Waals surface area (Å²) in [7, 11) is 0. The molecular weight excluding hydrogens is 292 g/mol. The van der Waals surface area contributed by atoms with Gasteiger partial charge in [0.05, 0.1) is 11.9 Å². The Morgan fingerprint density at radius 2 is 1.83 bits per heavy atom. The SMILES string of the molecule is CC(=O)N1CCCC(Cc2cnc(C(=O)N3CCCC3)cn2)C1. The van der Waals surface area contributed by atoms with Crippen LogP contribution in [0.2, 0.25) is 0 Å². The van der Waals surface area contributed by atoms with Crippen LogP contribution in [-0.4, -0.2) is 57.8 Å². The van der Waals surface area contributed by atoms with Crippen molar-refractivity contribution in [3.05, 3.63) is 23.8 Å². The third-order valence-electron chi connectivity index (χ3n) is 4.78. The molecule has 6 heteroatoms. The first kappa shape index (κ1) is 15.9. The van der Waals surface area contributed by atoms with Crippen LogP contribution < -0.4 is 0 Å². The van der Waals surface area contributed by atoms with Crippen molar-refractivity contribution in [2.75, 3.05) is 26.2 Å². The van der Waals surface area contributed by atoms with E-state index in [-0.39, 0.29) is 11.8 Å². The molecular formula is C17H24N4O2. The Hall–Kier alpha value is -1.98. The molecule has 0 N–H and O–H groups in total. The summed E-state index contributed by atoms with van der Waals surface area (Å²) in [4.78, 5) is 36.2. The molecule has 0 radical (unpaired) electrons. The third kappa shape index (κ3) is 3.86. The fourth-order valence-electron chi connectivity index (χ4n) is 3.47. The quantitative estimate of drug-likeness (QED) is 0.848. The monoisotopic (exact) mass is 316 g/mol. The van der Waals surface area contributed by atoms with Gasteiger partial charge in [0.25, 0.3) is 5.91 Å². The second-order valence-electron chi connectivity index (χ2n) is 6.57. The number of likely N-dealkylation sites (tertiary alicyclic amines) is 2. The van der Waals surface area contributed by atoms with Crippen LogP contribution in [0.1, 0.15) is 48.8 Å². The zero-order chi connectivity index (χ0) is 16.2. The highest BCUT2D eigenvalue weighted by Gasteiger charge is 2.23. The van der Waals surface area contributed by atoms with Crippen molar-refractivity contribution in [2.24, 2.45) is 5.92 Å². The summed E-state index contributed by atoms with van der Waals surface area (Å²) in [6, 6.07) is 0. The lowest BCUT2D eigenvalue weighted by atomic mass is 9.93. The number of piperidine rings is 1. The minimum Gasteiger partial charge on any atom is -0.343 e. The highest BCUT2D eigenvalue weighted by Crippen LogP contribution is 2.20. The molecule has 3 rings (SSSR count). The van der Waals surface area contributed by atoms with Crippen molar-refractivity contribution in [1.82, 2.24) is 19.8 Å². The molecule has 124 valence electrons. The number of carbonyl (C=O) groups excluding carboxylic acids is 2. The fourth-order valence-corrected chi connectivity index (χ4v) is 3.47. The molecule has 1 atom stereocenters. The number of aromatic nitrogens is 2. The maximum absolute atomic E-state index is 12.2. The minimum absolute atomic E-state index is 0.0121. The molecule has 2 amide bonds. The van der Waals surface area contributed by atoms with Gasteiger partial charge in [-0.25, -0.2) is 4.98 Å². The van der Waals surface area contributed by atoms with E-state index < -0.39 is 0 Å². The molecule has 23 heavy (non-hydrogen) atoms. The topological polar surface area (TPSA) is 66.4 Å². The van der Waals surface area contributed by atoms with Gasteiger partial charge in [-0.1, -0.05) is 0 Å². The maximum atomic E-state index is 12.2. The summed E-state index contributed by atoms with van der Waals surface area (Å²) >= 11 is 0. The van der Waals surface area contributed by atoms with Crippen molar-refractivity contribution < 1.29 is 9.59 Å². The van der Waals surface area contributed by atoms with Gasteiger partial charge in [-0.3, -0.25) is 14.6 Å². The smallest absolute Gasteiger partial charge is 0.274 e. The van der Waals surface area contributed by atoms with Gasteiger partial charge in [0, 0.05) is 39.3 Å². The molecule has 1 unspecified atom stereocenters. The largest absolute Gasteiger partial charge is 0.343 e. The normalized spacial score (nSPS) is 21.5. The molecule has 3 heterocycles. The van der Waals surface area contributed by atoms with E-state index in [0.29, 0.717) is 11.6 Å². The Labute approximate surface area is 136 Å². The second-order valence-corrected chi connectivity index (χ2v) is 6.57. The van der Waals surface area contributed by atoms with E-state index >= 15 is 0 Å². The van der Waals surface area contributed by atoms with E-state index in [1.54, 1.807) is 19.3 Å². The molecule has 0 aromatic carbocycles. The molecule has 2 aliphatic heterocycles. The number of hydrogen-bond donors (Lipinski definition) is 0. The summed E-state index contributed by atoms with van der Waals surface area (Å²) in [5.74, 6) is 0.566. The molecule has 0 bridgehead atoms. The van der Waals surface area contributed by atoms with Gasteiger partial charge in [-0.2, -0.15) is 0 Å². The van der Waals surface area contributed by atoms with Crippen molar-refractivity contribution >= 4 is 11.8 Å². The molecule has 6 nitrogen and oxygen atoms in total. The Morgan fingerprint density at radius 1 is 1.09 bits per heavy atom. The van der Waals surface area contributed by atoms with E-state index in [9.17, 15) is 9.59 Å². The van der Waals surface area contributed by atoms with Gasteiger partial charge in [0.2, 0.25) is 5.91 Å². The number of nitrogens with zero attached hydrogens (tertiary/aromatic N) is 4. The van der Waals surface area contributed by atoms with Gasteiger partial charge in [-0.05, 0) is 38.0 Å². The van der Waals surface area contributed by atoms with Crippen LogP contribution in [0, 0.1) is 5.92 Å². The van der Waals surface area contributed by atoms with Gasteiger partial charge in [0.1, 0.15) is 5.69 Å². The summed E-state index contributed by atoms with van der Waals surface area (Å²) in [5.41, 5.74) is 1.34.